The molecule has 2 aliphatic rings. The average molecular weight is 373 g/mol. The Bertz CT molecular complexity index is 791. The Morgan fingerprint density at radius 1 is 1.04 bits per heavy atom. The van der Waals surface area contributed by atoms with Gasteiger partial charge in [-0.2, -0.15) is 0 Å². The second-order valence-electron chi connectivity index (χ2n) is 7.79. The molecular weight excluding hydrogens is 342 g/mol. The summed E-state index contributed by atoms with van der Waals surface area (Å²) in [6.07, 6.45) is 10.1. The number of rotatable bonds is 5. The first-order valence-electron chi connectivity index (χ1n) is 10.3. The Hall–Kier alpha value is -1.33. The van der Waals surface area contributed by atoms with Gasteiger partial charge in [0, 0.05) is 6.04 Å². The van der Waals surface area contributed by atoms with Crippen molar-refractivity contribution in [2.45, 2.75) is 62.6 Å². The molecular formula is C21H30N3OS+. The van der Waals surface area contributed by atoms with E-state index < -0.39 is 0 Å². The zero-order valence-corrected chi connectivity index (χ0v) is 16.4. The van der Waals surface area contributed by atoms with Crippen LogP contribution < -0.4 is 10.5 Å². The van der Waals surface area contributed by atoms with Gasteiger partial charge in [-0.15, -0.1) is 0 Å². The minimum Gasteiger partial charge on any atom is -0.334 e. The first-order chi connectivity index (χ1) is 12.8. The number of nitrogens with zero attached hydrogens (tertiary/aromatic N) is 2. The van der Waals surface area contributed by atoms with Crippen LogP contribution in [0.1, 0.15) is 57.4 Å². The van der Waals surface area contributed by atoms with E-state index in [1.807, 2.05) is 28.8 Å². The molecule has 0 amide bonds. The van der Waals surface area contributed by atoms with E-state index in [9.17, 15) is 4.79 Å². The monoisotopic (exact) mass is 372 g/mol. The molecule has 1 aromatic heterocycles. The van der Waals surface area contributed by atoms with Gasteiger partial charge in [0.2, 0.25) is 0 Å². The lowest BCUT2D eigenvalue weighted by Crippen LogP contribution is -3.13. The summed E-state index contributed by atoms with van der Waals surface area (Å²) in [7, 11) is 0. The summed E-state index contributed by atoms with van der Waals surface area (Å²) in [5.74, 6) is 1.05. The molecule has 26 heavy (non-hydrogen) atoms. The Kier molecular flexibility index (Phi) is 5.95. The van der Waals surface area contributed by atoms with Crippen LogP contribution in [0.3, 0.4) is 0 Å². The highest BCUT2D eigenvalue weighted by Crippen LogP contribution is 2.30. The fourth-order valence-electron chi connectivity index (χ4n) is 4.48. The van der Waals surface area contributed by atoms with Crippen molar-refractivity contribution in [2.24, 2.45) is 0 Å². The number of fused-ring (bicyclic) bond motifs is 1. The standard InChI is InChI=1S/C21H29N3OS/c25-20-18-11-5-6-12-19(18)22-21(24(20)17-9-3-1-4-10-17)26-16-15-23-13-7-2-8-14-23/h5-6,11-12,17H,1-4,7-10,13-16H2/p+1. The van der Waals surface area contributed by atoms with Crippen LogP contribution in [0.5, 0.6) is 0 Å². The summed E-state index contributed by atoms with van der Waals surface area (Å²) in [4.78, 5) is 19.8. The van der Waals surface area contributed by atoms with Gasteiger partial charge >= 0.3 is 0 Å². The van der Waals surface area contributed by atoms with Gasteiger partial charge in [0.1, 0.15) is 0 Å². The lowest BCUT2D eigenvalue weighted by Gasteiger charge is -2.27. The average Bonchev–Trinajstić information content (AvgIpc) is 2.70. The Morgan fingerprint density at radius 2 is 1.77 bits per heavy atom. The summed E-state index contributed by atoms with van der Waals surface area (Å²) in [6.45, 7) is 3.79. The molecule has 1 aliphatic carbocycles. The maximum absolute atomic E-state index is 13.2. The third-order valence-electron chi connectivity index (χ3n) is 5.96. The predicted molar refractivity (Wildman–Crippen MR) is 108 cm³/mol. The van der Waals surface area contributed by atoms with Gasteiger partial charge in [0.25, 0.3) is 5.56 Å². The highest BCUT2D eigenvalue weighted by Gasteiger charge is 2.22. The van der Waals surface area contributed by atoms with Crippen molar-refractivity contribution in [1.82, 2.24) is 9.55 Å². The molecule has 1 aliphatic heterocycles. The first-order valence-corrected chi connectivity index (χ1v) is 11.3. The lowest BCUT2D eigenvalue weighted by molar-refractivity contribution is -0.902. The SMILES string of the molecule is O=c1c2ccccc2nc(SCC[NH+]2CCCCC2)n1C1CCCCC1. The number of nitrogens with one attached hydrogen (secondary N) is 1. The summed E-state index contributed by atoms with van der Waals surface area (Å²) in [6, 6.07) is 8.16. The van der Waals surface area contributed by atoms with Gasteiger partial charge in [-0.05, 0) is 44.2 Å². The number of hydrogen-bond donors (Lipinski definition) is 1. The van der Waals surface area contributed by atoms with E-state index in [0.717, 1.165) is 34.7 Å². The molecule has 1 N–H and O–H groups in total. The predicted octanol–water partition coefficient (Wildman–Crippen LogP) is 3.06. The molecule has 4 rings (SSSR count). The zero-order chi connectivity index (χ0) is 17.8. The zero-order valence-electron chi connectivity index (χ0n) is 15.6. The summed E-state index contributed by atoms with van der Waals surface area (Å²) < 4.78 is 2.04. The quantitative estimate of drug-likeness (QED) is 0.648. The fourth-order valence-corrected chi connectivity index (χ4v) is 5.58. The number of thioether (sulfide) groups is 1. The maximum Gasteiger partial charge on any atom is 0.262 e. The van der Waals surface area contributed by atoms with Crippen molar-refractivity contribution < 1.29 is 4.90 Å². The number of quaternary nitrogens is 1. The molecule has 0 unspecified atom stereocenters. The molecule has 0 atom stereocenters. The Morgan fingerprint density at radius 3 is 2.58 bits per heavy atom. The smallest absolute Gasteiger partial charge is 0.262 e. The van der Waals surface area contributed by atoms with Gasteiger partial charge in [-0.3, -0.25) is 9.36 Å². The molecule has 0 bridgehead atoms. The molecule has 4 nitrogen and oxygen atoms in total. The topological polar surface area (TPSA) is 39.3 Å². The van der Waals surface area contributed by atoms with E-state index >= 15 is 0 Å². The van der Waals surface area contributed by atoms with E-state index in [0.29, 0.717) is 6.04 Å². The number of benzene rings is 1. The Balaban J connectivity index is 1.59. The molecule has 2 heterocycles. The minimum atomic E-state index is 0.162. The normalized spacial score (nSPS) is 19.8. The molecule has 1 saturated heterocycles. The van der Waals surface area contributed by atoms with E-state index in [2.05, 4.69) is 0 Å². The molecule has 140 valence electrons. The summed E-state index contributed by atoms with van der Waals surface area (Å²) >= 11 is 1.79. The van der Waals surface area contributed by atoms with E-state index in [4.69, 9.17) is 4.98 Å². The largest absolute Gasteiger partial charge is 0.334 e. The van der Waals surface area contributed by atoms with Crippen LogP contribution in [0.2, 0.25) is 0 Å². The van der Waals surface area contributed by atoms with Crippen molar-refractivity contribution in [3.8, 4) is 0 Å². The van der Waals surface area contributed by atoms with Crippen LogP contribution in [0, 0.1) is 0 Å². The second kappa shape index (κ2) is 8.57. The van der Waals surface area contributed by atoms with Gasteiger partial charge < -0.3 is 4.90 Å². The third-order valence-corrected chi connectivity index (χ3v) is 6.92. The van der Waals surface area contributed by atoms with Crippen LogP contribution >= 0.6 is 11.8 Å². The second-order valence-corrected chi connectivity index (χ2v) is 8.85. The van der Waals surface area contributed by atoms with Crippen LogP contribution in [-0.4, -0.2) is 34.9 Å². The molecule has 0 spiro atoms. The molecule has 2 fully saturated rings. The van der Waals surface area contributed by atoms with Crippen LogP contribution in [0.15, 0.2) is 34.2 Å². The van der Waals surface area contributed by atoms with Gasteiger partial charge in [-0.25, -0.2) is 4.98 Å². The van der Waals surface area contributed by atoms with Crippen LogP contribution in [0.4, 0.5) is 0 Å². The van der Waals surface area contributed by atoms with Crippen molar-refractivity contribution in [3.63, 3.8) is 0 Å². The molecule has 1 aromatic carbocycles. The molecule has 2 aromatic rings. The summed E-state index contributed by atoms with van der Waals surface area (Å²) in [5, 5.41) is 1.71. The molecule has 5 heteroatoms. The van der Waals surface area contributed by atoms with Crippen LogP contribution in [0.25, 0.3) is 10.9 Å². The number of piperidine rings is 1. The summed E-state index contributed by atoms with van der Waals surface area (Å²) in [5.41, 5.74) is 1.01. The number of aromatic nitrogens is 2. The Labute approximate surface area is 160 Å². The van der Waals surface area contributed by atoms with Crippen molar-refractivity contribution in [3.05, 3.63) is 34.6 Å². The number of hydrogen-bond acceptors (Lipinski definition) is 3. The number of para-hydroxylation sites is 1. The highest BCUT2D eigenvalue weighted by molar-refractivity contribution is 7.99. The fraction of sp³-hybridized carbons (Fsp3) is 0.619. The van der Waals surface area contributed by atoms with Crippen molar-refractivity contribution >= 4 is 22.7 Å². The van der Waals surface area contributed by atoms with Gasteiger partial charge in [0.05, 0.1) is 36.3 Å². The van der Waals surface area contributed by atoms with E-state index in [1.54, 1.807) is 16.7 Å². The van der Waals surface area contributed by atoms with E-state index in [-0.39, 0.29) is 5.56 Å². The third kappa shape index (κ3) is 3.99. The first kappa shape index (κ1) is 18.1. The van der Waals surface area contributed by atoms with Crippen molar-refractivity contribution in [2.75, 3.05) is 25.4 Å². The van der Waals surface area contributed by atoms with Gasteiger partial charge in [-0.1, -0.05) is 43.2 Å². The number of likely N-dealkylation sites (tertiary alicyclic amines) is 1. The molecule has 0 radical (unpaired) electrons. The van der Waals surface area contributed by atoms with Gasteiger partial charge in [0.15, 0.2) is 5.16 Å². The van der Waals surface area contributed by atoms with Crippen LogP contribution in [-0.2, 0) is 0 Å². The minimum absolute atomic E-state index is 0.162. The molecule has 1 saturated carbocycles. The van der Waals surface area contributed by atoms with Crippen molar-refractivity contribution in [1.29, 1.82) is 0 Å². The van der Waals surface area contributed by atoms with E-state index in [1.165, 1.54) is 58.2 Å². The lowest BCUT2D eigenvalue weighted by atomic mass is 9.95. The highest BCUT2D eigenvalue weighted by atomic mass is 32.2. The maximum atomic E-state index is 13.2.